The number of rotatable bonds is 6. The summed E-state index contributed by atoms with van der Waals surface area (Å²) in [5, 5.41) is 16.3. The van der Waals surface area contributed by atoms with Gasteiger partial charge in [0.15, 0.2) is 0 Å². The van der Waals surface area contributed by atoms with E-state index in [-0.39, 0.29) is 24.8 Å². The molecule has 1 aliphatic rings. The predicted octanol–water partition coefficient (Wildman–Crippen LogP) is 2.54. The molecular formula is C18H22FN3O3. The molecule has 6 nitrogen and oxygen atoms in total. The van der Waals surface area contributed by atoms with Crippen molar-refractivity contribution in [2.24, 2.45) is 0 Å². The average Bonchev–Trinajstić information content (AvgIpc) is 3.25. The monoisotopic (exact) mass is 347 g/mol. The molecule has 1 amide bonds. The summed E-state index contributed by atoms with van der Waals surface area (Å²) in [7, 11) is 0. The number of aliphatic hydroxyl groups excluding tert-OH is 1. The zero-order valence-electron chi connectivity index (χ0n) is 14.2. The van der Waals surface area contributed by atoms with E-state index in [2.05, 4.69) is 15.5 Å². The second kappa shape index (κ2) is 7.31. The van der Waals surface area contributed by atoms with Crippen molar-refractivity contribution in [1.82, 2.24) is 15.5 Å². The summed E-state index contributed by atoms with van der Waals surface area (Å²) < 4.78 is 18.8. The Labute approximate surface area is 145 Å². The summed E-state index contributed by atoms with van der Waals surface area (Å²) in [5.41, 5.74) is 0.609. The van der Waals surface area contributed by atoms with Gasteiger partial charge in [-0.05, 0) is 31.4 Å². The van der Waals surface area contributed by atoms with Crippen molar-refractivity contribution in [1.29, 1.82) is 0 Å². The topological polar surface area (TPSA) is 88.2 Å². The number of benzene rings is 1. The SMILES string of the molecule is Cc1ccc(-c2noc(CCC(=O)NC3(CO)CCCC3)n2)cc1F. The Kier molecular flexibility index (Phi) is 5.13. The van der Waals surface area contributed by atoms with Crippen molar-refractivity contribution in [2.45, 2.75) is 51.0 Å². The average molecular weight is 347 g/mol. The lowest BCUT2D eigenvalue weighted by atomic mass is 9.98. The maximum Gasteiger partial charge on any atom is 0.227 e. The molecule has 0 atom stereocenters. The Hall–Kier alpha value is -2.28. The van der Waals surface area contributed by atoms with Gasteiger partial charge in [-0.2, -0.15) is 4.98 Å². The van der Waals surface area contributed by atoms with Crippen LogP contribution >= 0.6 is 0 Å². The number of aromatic nitrogens is 2. The van der Waals surface area contributed by atoms with Gasteiger partial charge in [-0.3, -0.25) is 4.79 Å². The van der Waals surface area contributed by atoms with E-state index in [0.29, 0.717) is 29.3 Å². The molecule has 134 valence electrons. The number of aryl methyl sites for hydroxylation is 2. The standard InChI is InChI=1S/C18H22FN3O3/c1-12-4-5-13(10-14(12)19)17-20-16(25-22-17)7-6-15(24)21-18(11-23)8-2-3-9-18/h4-5,10,23H,2-3,6-9,11H2,1H3,(H,21,24). The molecule has 1 saturated carbocycles. The van der Waals surface area contributed by atoms with Crippen molar-refractivity contribution in [3.05, 3.63) is 35.5 Å². The lowest BCUT2D eigenvalue weighted by Crippen LogP contribution is -2.49. The fourth-order valence-corrected chi connectivity index (χ4v) is 3.16. The molecule has 3 rings (SSSR count). The maximum atomic E-state index is 13.6. The number of hydrogen-bond acceptors (Lipinski definition) is 5. The second-order valence-electron chi connectivity index (χ2n) is 6.67. The Morgan fingerprint density at radius 3 is 2.84 bits per heavy atom. The molecule has 25 heavy (non-hydrogen) atoms. The summed E-state index contributed by atoms with van der Waals surface area (Å²) in [4.78, 5) is 16.4. The number of nitrogens with one attached hydrogen (secondary N) is 1. The van der Waals surface area contributed by atoms with E-state index in [1.807, 2.05) is 0 Å². The van der Waals surface area contributed by atoms with Crippen molar-refractivity contribution < 1.29 is 18.8 Å². The molecule has 1 aromatic carbocycles. The number of carbonyl (C=O) groups is 1. The van der Waals surface area contributed by atoms with Crippen molar-refractivity contribution in [3.63, 3.8) is 0 Å². The molecule has 0 saturated heterocycles. The van der Waals surface area contributed by atoms with Crippen LogP contribution in [-0.4, -0.2) is 33.3 Å². The van der Waals surface area contributed by atoms with Crippen LogP contribution in [0.3, 0.4) is 0 Å². The zero-order valence-corrected chi connectivity index (χ0v) is 14.2. The van der Waals surface area contributed by atoms with Gasteiger partial charge in [0.05, 0.1) is 12.1 Å². The van der Waals surface area contributed by atoms with Gasteiger partial charge < -0.3 is 14.9 Å². The summed E-state index contributed by atoms with van der Waals surface area (Å²) >= 11 is 0. The molecular weight excluding hydrogens is 325 g/mol. The molecule has 1 fully saturated rings. The first-order valence-corrected chi connectivity index (χ1v) is 8.52. The molecule has 0 bridgehead atoms. The smallest absolute Gasteiger partial charge is 0.227 e. The van der Waals surface area contributed by atoms with Crippen LogP contribution in [0.4, 0.5) is 4.39 Å². The molecule has 0 unspecified atom stereocenters. The van der Waals surface area contributed by atoms with Gasteiger partial charge in [-0.25, -0.2) is 4.39 Å². The number of hydrogen-bond donors (Lipinski definition) is 2. The van der Waals surface area contributed by atoms with E-state index in [4.69, 9.17) is 4.52 Å². The van der Waals surface area contributed by atoms with E-state index in [0.717, 1.165) is 25.7 Å². The van der Waals surface area contributed by atoms with Gasteiger partial charge in [0.2, 0.25) is 17.6 Å². The first-order valence-electron chi connectivity index (χ1n) is 8.52. The van der Waals surface area contributed by atoms with Gasteiger partial charge in [-0.1, -0.05) is 30.1 Å². The molecule has 2 aromatic rings. The van der Waals surface area contributed by atoms with Crippen LogP contribution in [0.2, 0.25) is 0 Å². The Bertz CT molecular complexity index is 754. The molecule has 2 N–H and O–H groups in total. The molecule has 0 aliphatic heterocycles. The zero-order chi connectivity index (χ0) is 17.9. The van der Waals surface area contributed by atoms with E-state index in [1.54, 1.807) is 19.1 Å². The Morgan fingerprint density at radius 1 is 1.40 bits per heavy atom. The molecule has 0 spiro atoms. The van der Waals surface area contributed by atoms with Gasteiger partial charge in [0.25, 0.3) is 0 Å². The number of aliphatic hydroxyl groups is 1. The summed E-state index contributed by atoms with van der Waals surface area (Å²) in [6.07, 6.45) is 4.14. The number of halogens is 1. The largest absolute Gasteiger partial charge is 0.394 e. The number of nitrogens with zero attached hydrogens (tertiary/aromatic N) is 2. The Balaban J connectivity index is 1.58. The number of carbonyl (C=O) groups excluding carboxylic acids is 1. The van der Waals surface area contributed by atoms with Crippen LogP contribution in [-0.2, 0) is 11.2 Å². The molecule has 0 radical (unpaired) electrons. The first-order chi connectivity index (χ1) is 12.0. The van der Waals surface area contributed by atoms with Crippen LogP contribution in [0.5, 0.6) is 0 Å². The minimum absolute atomic E-state index is 0.0393. The second-order valence-corrected chi connectivity index (χ2v) is 6.67. The molecule has 1 aromatic heterocycles. The summed E-state index contributed by atoms with van der Waals surface area (Å²) in [6, 6.07) is 4.75. The Morgan fingerprint density at radius 2 is 2.16 bits per heavy atom. The lowest BCUT2D eigenvalue weighted by molar-refractivity contribution is -0.123. The minimum atomic E-state index is -0.476. The molecule has 7 heteroatoms. The lowest BCUT2D eigenvalue weighted by Gasteiger charge is -2.27. The fourth-order valence-electron chi connectivity index (χ4n) is 3.16. The minimum Gasteiger partial charge on any atom is -0.394 e. The van der Waals surface area contributed by atoms with Crippen LogP contribution in [0.15, 0.2) is 22.7 Å². The maximum absolute atomic E-state index is 13.6. The normalized spacial score (nSPS) is 16.1. The molecule has 1 heterocycles. The van der Waals surface area contributed by atoms with E-state index in [1.165, 1.54) is 6.07 Å². The molecule has 1 aliphatic carbocycles. The van der Waals surface area contributed by atoms with E-state index in [9.17, 15) is 14.3 Å². The van der Waals surface area contributed by atoms with Crippen LogP contribution in [0.1, 0.15) is 43.6 Å². The quantitative estimate of drug-likeness (QED) is 0.838. The highest BCUT2D eigenvalue weighted by Crippen LogP contribution is 2.29. The third-order valence-electron chi connectivity index (χ3n) is 4.73. The third kappa shape index (κ3) is 4.04. The third-order valence-corrected chi connectivity index (χ3v) is 4.73. The van der Waals surface area contributed by atoms with Gasteiger partial charge in [-0.15, -0.1) is 0 Å². The highest BCUT2D eigenvalue weighted by molar-refractivity contribution is 5.77. The van der Waals surface area contributed by atoms with Gasteiger partial charge >= 0.3 is 0 Å². The van der Waals surface area contributed by atoms with Crippen molar-refractivity contribution in [3.8, 4) is 11.4 Å². The predicted molar refractivity (Wildman–Crippen MR) is 89.2 cm³/mol. The summed E-state index contributed by atoms with van der Waals surface area (Å²) in [5.74, 6) is 0.165. The number of amides is 1. The highest BCUT2D eigenvalue weighted by Gasteiger charge is 2.34. The van der Waals surface area contributed by atoms with Crippen molar-refractivity contribution >= 4 is 5.91 Å². The van der Waals surface area contributed by atoms with Gasteiger partial charge in [0, 0.05) is 18.4 Å². The van der Waals surface area contributed by atoms with Crippen LogP contribution in [0, 0.1) is 12.7 Å². The van der Waals surface area contributed by atoms with Crippen molar-refractivity contribution in [2.75, 3.05) is 6.61 Å². The first kappa shape index (κ1) is 17.5. The fraction of sp³-hybridized carbons (Fsp3) is 0.500. The van der Waals surface area contributed by atoms with Crippen LogP contribution in [0.25, 0.3) is 11.4 Å². The van der Waals surface area contributed by atoms with E-state index >= 15 is 0 Å². The summed E-state index contributed by atoms with van der Waals surface area (Å²) in [6.45, 7) is 1.64. The van der Waals surface area contributed by atoms with E-state index < -0.39 is 5.54 Å². The van der Waals surface area contributed by atoms with Gasteiger partial charge in [0.1, 0.15) is 5.82 Å². The van der Waals surface area contributed by atoms with Crippen LogP contribution < -0.4 is 5.32 Å². The highest BCUT2D eigenvalue weighted by atomic mass is 19.1.